The predicted molar refractivity (Wildman–Crippen MR) is 87.3 cm³/mol. The van der Waals surface area contributed by atoms with E-state index in [0.29, 0.717) is 4.57 Å². The van der Waals surface area contributed by atoms with Crippen molar-refractivity contribution in [2.75, 3.05) is 5.32 Å². The molecule has 29 heavy (non-hydrogen) atoms. The summed E-state index contributed by atoms with van der Waals surface area (Å²) in [6, 6.07) is 3.42. The van der Waals surface area contributed by atoms with Crippen molar-refractivity contribution in [3.63, 3.8) is 0 Å². The van der Waals surface area contributed by atoms with Crippen LogP contribution in [0.15, 0.2) is 38.8 Å². The number of nitrogens with zero attached hydrogens (tertiary/aromatic N) is 3. The first-order chi connectivity index (χ1) is 13.2. The van der Waals surface area contributed by atoms with E-state index < -0.39 is 52.2 Å². The first-order valence-corrected chi connectivity index (χ1v) is 7.79. The van der Waals surface area contributed by atoms with Gasteiger partial charge in [0.05, 0.1) is 0 Å². The molecule has 1 N–H and O–H groups in total. The first-order valence-electron chi connectivity index (χ1n) is 7.79. The third kappa shape index (κ3) is 2.83. The number of hydrogen-bond acceptors (Lipinski definition) is 4. The molecule has 0 saturated carbocycles. The monoisotopic (exact) mass is 424 g/mol. The van der Waals surface area contributed by atoms with Crippen LogP contribution >= 0.6 is 0 Å². The summed E-state index contributed by atoms with van der Waals surface area (Å²) in [6.45, 7) is 0. The number of alkyl halides is 6. The molecule has 2 aromatic rings. The molecular weight excluding hydrogens is 413 g/mol. The van der Waals surface area contributed by atoms with Gasteiger partial charge < -0.3 is 5.32 Å². The summed E-state index contributed by atoms with van der Waals surface area (Å²) in [6.07, 6.45) is -12.2. The molecule has 0 fully saturated rings. The fraction of sp³-hybridized carbons (Fsp3) is 0.312. The van der Waals surface area contributed by atoms with Crippen LogP contribution < -0.4 is 16.6 Å². The Kier molecular flexibility index (Phi) is 4.40. The van der Waals surface area contributed by atoms with Crippen molar-refractivity contribution in [1.82, 2.24) is 9.13 Å². The fourth-order valence-corrected chi connectivity index (χ4v) is 3.00. The van der Waals surface area contributed by atoms with Crippen LogP contribution in [0.3, 0.4) is 0 Å². The van der Waals surface area contributed by atoms with Crippen molar-refractivity contribution in [3.8, 4) is 0 Å². The van der Waals surface area contributed by atoms with E-state index in [9.17, 15) is 40.3 Å². The molecule has 6 nitrogen and oxygen atoms in total. The standard InChI is InChI=1S/C16H11F7N4O2/c1-26-11-9(12(28)27(2)13(26)29)14(15(18,19)20,16(21,22)23)25-10(24-11)7-3-5-8(17)6-4-7/h3-6H,1-2H3,(H,24,25). The van der Waals surface area contributed by atoms with E-state index in [0.717, 1.165) is 38.4 Å². The summed E-state index contributed by atoms with van der Waals surface area (Å²) >= 11 is 0. The number of nitrogens with one attached hydrogen (secondary N) is 1. The van der Waals surface area contributed by atoms with Crippen LogP contribution in [0.1, 0.15) is 11.1 Å². The van der Waals surface area contributed by atoms with Crippen LogP contribution in [0.5, 0.6) is 0 Å². The van der Waals surface area contributed by atoms with Gasteiger partial charge in [-0.15, -0.1) is 0 Å². The summed E-state index contributed by atoms with van der Waals surface area (Å²) in [5.41, 5.74) is -9.99. The second-order valence-corrected chi connectivity index (χ2v) is 6.23. The van der Waals surface area contributed by atoms with Gasteiger partial charge in [0, 0.05) is 19.7 Å². The normalized spacial score (nSPS) is 16.1. The zero-order valence-corrected chi connectivity index (χ0v) is 14.6. The molecule has 0 radical (unpaired) electrons. The van der Waals surface area contributed by atoms with Gasteiger partial charge in [-0.1, -0.05) is 0 Å². The topological polar surface area (TPSA) is 68.4 Å². The van der Waals surface area contributed by atoms with Gasteiger partial charge in [-0.05, 0) is 24.3 Å². The number of aliphatic imine (C=N–C) groups is 1. The largest absolute Gasteiger partial charge is 0.427 e. The Bertz CT molecular complexity index is 1110. The van der Waals surface area contributed by atoms with E-state index in [4.69, 9.17) is 0 Å². The molecule has 0 aliphatic carbocycles. The molecule has 1 aromatic heterocycles. The molecule has 0 atom stereocenters. The lowest BCUT2D eigenvalue weighted by atomic mass is 9.87. The Hall–Kier alpha value is -3.12. The number of fused-ring (bicyclic) bond motifs is 1. The van der Waals surface area contributed by atoms with Crippen LogP contribution in [0.2, 0.25) is 0 Å². The molecule has 1 aliphatic heterocycles. The Morgan fingerprint density at radius 2 is 1.45 bits per heavy atom. The van der Waals surface area contributed by atoms with Crippen LogP contribution in [0.25, 0.3) is 0 Å². The number of rotatable bonds is 1. The molecule has 0 saturated heterocycles. The summed E-state index contributed by atoms with van der Waals surface area (Å²) < 4.78 is 97.2. The molecule has 0 amide bonds. The maximum absolute atomic E-state index is 13.9. The van der Waals surface area contributed by atoms with E-state index >= 15 is 0 Å². The number of benzene rings is 1. The van der Waals surface area contributed by atoms with Crippen molar-refractivity contribution in [2.45, 2.75) is 17.9 Å². The van der Waals surface area contributed by atoms with Gasteiger partial charge in [-0.3, -0.25) is 13.9 Å². The summed E-state index contributed by atoms with van der Waals surface area (Å²) in [5, 5.41) is 2.19. The van der Waals surface area contributed by atoms with Crippen molar-refractivity contribution in [2.24, 2.45) is 19.1 Å². The highest BCUT2D eigenvalue weighted by Crippen LogP contribution is 2.55. The van der Waals surface area contributed by atoms with E-state index in [-0.39, 0.29) is 10.1 Å². The molecule has 1 aromatic carbocycles. The smallest absolute Gasteiger partial charge is 0.326 e. The molecule has 0 spiro atoms. The van der Waals surface area contributed by atoms with Crippen LogP contribution in [0, 0.1) is 5.82 Å². The zero-order valence-electron chi connectivity index (χ0n) is 14.6. The lowest BCUT2D eigenvalue weighted by Gasteiger charge is -2.38. The third-order valence-corrected chi connectivity index (χ3v) is 4.48. The van der Waals surface area contributed by atoms with E-state index in [1.807, 2.05) is 0 Å². The molecule has 156 valence electrons. The van der Waals surface area contributed by atoms with E-state index in [2.05, 4.69) is 10.3 Å². The fourth-order valence-electron chi connectivity index (χ4n) is 3.00. The minimum atomic E-state index is -6.09. The maximum Gasteiger partial charge on any atom is 0.427 e. The lowest BCUT2D eigenvalue weighted by Crippen LogP contribution is -2.60. The Morgan fingerprint density at radius 3 is 1.93 bits per heavy atom. The zero-order chi connectivity index (χ0) is 21.9. The second-order valence-electron chi connectivity index (χ2n) is 6.23. The molecule has 13 heteroatoms. The minimum Gasteiger partial charge on any atom is -0.326 e. The van der Waals surface area contributed by atoms with Crippen molar-refractivity contribution < 1.29 is 30.7 Å². The van der Waals surface area contributed by atoms with Crippen LogP contribution in [-0.4, -0.2) is 27.3 Å². The third-order valence-electron chi connectivity index (χ3n) is 4.48. The summed E-state index contributed by atoms with van der Waals surface area (Å²) in [7, 11) is 1.65. The Balaban J connectivity index is 2.52. The first kappa shape index (κ1) is 20.6. The molecule has 1 aliphatic rings. The Morgan fingerprint density at radius 1 is 0.931 bits per heavy atom. The number of amidine groups is 1. The molecular formula is C16H11F7N4O2. The van der Waals surface area contributed by atoms with E-state index in [1.54, 1.807) is 0 Å². The highest BCUT2D eigenvalue weighted by Gasteiger charge is 2.75. The lowest BCUT2D eigenvalue weighted by molar-refractivity contribution is -0.301. The van der Waals surface area contributed by atoms with Gasteiger partial charge in [-0.2, -0.15) is 26.3 Å². The van der Waals surface area contributed by atoms with Gasteiger partial charge in [0.15, 0.2) is 0 Å². The van der Waals surface area contributed by atoms with Crippen LogP contribution in [0.4, 0.5) is 36.6 Å². The highest BCUT2D eigenvalue weighted by atomic mass is 19.4. The average Bonchev–Trinajstić information content (AvgIpc) is 2.62. The van der Waals surface area contributed by atoms with Crippen molar-refractivity contribution in [1.29, 1.82) is 0 Å². The second kappa shape index (κ2) is 6.19. The van der Waals surface area contributed by atoms with Gasteiger partial charge in [-0.25, -0.2) is 14.2 Å². The molecule has 0 unspecified atom stereocenters. The van der Waals surface area contributed by atoms with Crippen molar-refractivity contribution in [3.05, 3.63) is 62.0 Å². The quantitative estimate of drug-likeness (QED) is 0.716. The Labute approximate surface area is 156 Å². The van der Waals surface area contributed by atoms with Crippen molar-refractivity contribution >= 4 is 11.7 Å². The van der Waals surface area contributed by atoms with Gasteiger partial charge in [0.25, 0.3) is 11.1 Å². The number of hydrogen-bond donors (Lipinski definition) is 1. The number of halogens is 7. The van der Waals surface area contributed by atoms with E-state index in [1.165, 1.54) is 0 Å². The maximum atomic E-state index is 13.9. The SMILES string of the molecule is Cn1c2c(c(=O)n(C)c1=O)C(C(F)(F)F)(C(F)(F)F)N=C(c1ccc(F)cc1)N2. The highest BCUT2D eigenvalue weighted by molar-refractivity contribution is 6.09. The number of anilines is 1. The minimum absolute atomic E-state index is 0.130. The van der Waals surface area contributed by atoms with Crippen LogP contribution in [-0.2, 0) is 19.6 Å². The molecule has 0 bridgehead atoms. The molecule has 3 rings (SSSR count). The van der Waals surface area contributed by atoms with Gasteiger partial charge >= 0.3 is 18.0 Å². The predicted octanol–water partition coefficient (Wildman–Crippen LogP) is 2.42. The number of aromatic nitrogens is 2. The molecule has 2 heterocycles. The average molecular weight is 424 g/mol. The van der Waals surface area contributed by atoms with Gasteiger partial charge in [0.2, 0.25) is 0 Å². The summed E-state index contributed by atoms with van der Waals surface area (Å²) in [5.74, 6) is -2.73. The van der Waals surface area contributed by atoms with Gasteiger partial charge in [0.1, 0.15) is 23.0 Å². The summed E-state index contributed by atoms with van der Waals surface area (Å²) in [4.78, 5) is 27.3.